The van der Waals surface area contributed by atoms with Crippen molar-refractivity contribution in [2.75, 3.05) is 20.5 Å². The Morgan fingerprint density at radius 3 is 2.39 bits per heavy atom. The number of methoxy groups -OCH3 is 2. The third-order valence-electron chi connectivity index (χ3n) is 6.13. The Hall–Kier alpha value is -4.05. The molecule has 0 aliphatic heterocycles. The van der Waals surface area contributed by atoms with E-state index < -0.39 is 10.1 Å². The zero-order valence-electron chi connectivity index (χ0n) is 21.5. The number of ether oxygens (including phenoxy) is 2. The van der Waals surface area contributed by atoms with Crippen molar-refractivity contribution < 1.29 is 35.7 Å². The first kappa shape index (κ1) is 27.0. The van der Waals surface area contributed by atoms with Crippen LogP contribution in [0, 0.1) is 5.82 Å². The van der Waals surface area contributed by atoms with Crippen molar-refractivity contribution in [3.63, 3.8) is 0 Å². The lowest BCUT2D eigenvalue weighted by molar-refractivity contribution is -0.120. The van der Waals surface area contributed by atoms with Gasteiger partial charge in [0.15, 0.2) is 11.5 Å². The molecule has 0 saturated carbocycles. The summed E-state index contributed by atoms with van der Waals surface area (Å²) in [6.45, 7) is 2.17. The minimum Gasteiger partial charge on any atom is -0.493 e. The summed E-state index contributed by atoms with van der Waals surface area (Å²) in [5, 5.41) is 2.83. The van der Waals surface area contributed by atoms with Gasteiger partial charge in [-0.15, -0.1) is 0 Å². The number of nitrogens with one attached hydrogen (secondary N) is 1. The molecule has 200 valence electrons. The van der Waals surface area contributed by atoms with Crippen LogP contribution in [-0.2, 0) is 27.9 Å². The van der Waals surface area contributed by atoms with Gasteiger partial charge >= 0.3 is 10.1 Å². The molecule has 1 aromatic heterocycles. The highest BCUT2D eigenvalue weighted by molar-refractivity contribution is 7.86. The monoisotopic (exact) mass is 541 g/mol. The predicted octanol–water partition coefficient (Wildman–Crippen LogP) is 4.89. The van der Waals surface area contributed by atoms with Crippen LogP contribution in [0.2, 0.25) is 0 Å². The molecule has 10 heteroatoms. The lowest BCUT2D eigenvalue weighted by Crippen LogP contribution is -2.22. The predicted molar refractivity (Wildman–Crippen MR) is 141 cm³/mol. The minimum absolute atomic E-state index is 0.0329. The van der Waals surface area contributed by atoms with Crippen LogP contribution >= 0.6 is 0 Å². The zero-order valence-corrected chi connectivity index (χ0v) is 22.3. The van der Waals surface area contributed by atoms with Crippen LogP contribution in [0.4, 0.5) is 4.39 Å². The summed E-state index contributed by atoms with van der Waals surface area (Å²) in [5.74, 6) is 0.428. The van der Waals surface area contributed by atoms with Gasteiger partial charge < -0.3 is 23.4 Å². The van der Waals surface area contributed by atoms with Gasteiger partial charge in [-0.2, -0.15) is 8.42 Å². The van der Waals surface area contributed by atoms with Crippen LogP contribution in [-0.4, -0.2) is 34.8 Å². The zero-order chi connectivity index (χ0) is 27.4. The second-order valence-electron chi connectivity index (χ2n) is 8.77. The van der Waals surface area contributed by atoms with E-state index in [1.807, 2.05) is 13.0 Å². The maximum absolute atomic E-state index is 14.2. The van der Waals surface area contributed by atoms with Gasteiger partial charge in [-0.05, 0) is 83.2 Å². The molecule has 1 heterocycles. The first-order valence-corrected chi connectivity index (χ1v) is 13.5. The molecule has 1 aliphatic rings. The molecule has 1 amide bonds. The Morgan fingerprint density at radius 2 is 1.79 bits per heavy atom. The summed E-state index contributed by atoms with van der Waals surface area (Å²) >= 11 is 0. The van der Waals surface area contributed by atoms with Gasteiger partial charge in [0.25, 0.3) is 0 Å². The fourth-order valence-corrected chi connectivity index (χ4v) is 4.85. The van der Waals surface area contributed by atoms with Gasteiger partial charge in [0.05, 0.1) is 39.7 Å². The molecule has 0 bridgehead atoms. The van der Waals surface area contributed by atoms with E-state index in [1.54, 1.807) is 36.6 Å². The van der Waals surface area contributed by atoms with Crippen LogP contribution in [0.5, 0.6) is 17.2 Å². The van der Waals surface area contributed by atoms with Crippen molar-refractivity contribution in [1.29, 1.82) is 0 Å². The number of benzene rings is 2. The molecule has 0 spiro atoms. The quantitative estimate of drug-likeness (QED) is 0.364. The number of carbonyl (C=O) groups excluding carboxylic acids is 1. The molecule has 2 aromatic carbocycles. The number of halogens is 1. The van der Waals surface area contributed by atoms with Crippen molar-refractivity contribution in [2.45, 2.75) is 26.3 Å². The molecule has 8 nitrogen and oxygen atoms in total. The summed E-state index contributed by atoms with van der Waals surface area (Å²) in [7, 11) is -0.991. The van der Waals surface area contributed by atoms with Crippen LogP contribution < -0.4 is 19.0 Å². The lowest BCUT2D eigenvalue weighted by Gasteiger charge is -2.14. The molecule has 0 atom stereocenters. The largest absolute Gasteiger partial charge is 0.493 e. The first-order valence-electron chi connectivity index (χ1n) is 11.7. The third kappa shape index (κ3) is 6.08. The highest BCUT2D eigenvalue weighted by Gasteiger charge is 2.26. The third-order valence-corrected chi connectivity index (χ3v) is 6.60. The van der Waals surface area contributed by atoms with Crippen molar-refractivity contribution in [1.82, 2.24) is 5.32 Å². The smallest absolute Gasteiger partial charge is 0.306 e. The van der Waals surface area contributed by atoms with Crippen LogP contribution in [0.1, 0.15) is 35.8 Å². The number of amides is 1. The Balaban J connectivity index is 1.63. The Morgan fingerprint density at radius 1 is 1.08 bits per heavy atom. The number of fused-ring (bicyclic) bond motifs is 1. The number of allylic oxidation sites excluding steroid dienone is 3. The van der Waals surface area contributed by atoms with Crippen LogP contribution in [0.3, 0.4) is 0 Å². The van der Waals surface area contributed by atoms with E-state index in [0.717, 1.165) is 34.1 Å². The van der Waals surface area contributed by atoms with Gasteiger partial charge in [-0.25, -0.2) is 4.39 Å². The molecule has 4 rings (SSSR count). The van der Waals surface area contributed by atoms with Gasteiger partial charge in [0, 0.05) is 0 Å². The standard InChI is InChI=1S/C28H28FNO7S/c1-17-21(9-7-18-12-25(34-2)28(26(13-18)35-3)37-38(4,32)33)22-10-8-19(29)14-24(22)23(17)15-27(31)30-16-20-6-5-11-36-20/h5-6,8-14H,7,15-16H2,1-4H3,(H,30,31)/b21-9-. The number of hydrogen-bond donors (Lipinski definition) is 1. The van der Waals surface area contributed by atoms with Gasteiger partial charge in [0.1, 0.15) is 11.6 Å². The average Bonchev–Trinajstić information content (AvgIpc) is 3.48. The van der Waals surface area contributed by atoms with E-state index in [2.05, 4.69) is 5.32 Å². The molecule has 38 heavy (non-hydrogen) atoms. The maximum atomic E-state index is 14.2. The molecular formula is C28H28FNO7S. The highest BCUT2D eigenvalue weighted by Crippen LogP contribution is 2.44. The molecule has 3 aromatic rings. The van der Waals surface area contributed by atoms with Crippen molar-refractivity contribution in [2.24, 2.45) is 0 Å². The molecule has 0 unspecified atom stereocenters. The van der Waals surface area contributed by atoms with Crippen molar-refractivity contribution in [3.8, 4) is 17.2 Å². The first-order chi connectivity index (χ1) is 18.1. The summed E-state index contributed by atoms with van der Waals surface area (Å²) in [5.41, 5.74) is 4.77. The average molecular weight is 542 g/mol. The number of hydrogen-bond acceptors (Lipinski definition) is 7. The topological polar surface area (TPSA) is 104 Å². The summed E-state index contributed by atoms with van der Waals surface area (Å²) < 4.78 is 58.6. The van der Waals surface area contributed by atoms with Crippen molar-refractivity contribution >= 4 is 27.2 Å². The Kier molecular flexibility index (Phi) is 7.91. The van der Waals surface area contributed by atoms with E-state index in [-0.39, 0.29) is 41.9 Å². The van der Waals surface area contributed by atoms with E-state index in [9.17, 15) is 17.6 Å². The SMILES string of the molecule is COc1cc(C/C=C2/C(C)=C(CC(=O)NCc3ccco3)c3cc(F)ccc32)cc(OC)c1OS(C)(=O)=O. The lowest BCUT2D eigenvalue weighted by atomic mass is 10.00. The molecule has 0 saturated heterocycles. The van der Waals surface area contributed by atoms with E-state index in [1.165, 1.54) is 26.4 Å². The highest BCUT2D eigenvalue weighted by atomic mass is 32.2. The van der Waals surface area contributed by atoms with Crippen LogP contribution in [0.15, 0.2) is 64.8 Å². The van der Waals surface area contributed by atoms with E-state index in [0.29, 0.717) is 17.7 Å². The fourth-order valence-electron chi connectivity index (χ4n) is 4.39. The molecule has 1 aliphatic carbocycles. The Bertz CT molecular complexity index is 1500. The van der Waals surface area contributed by atoms with Gasteiger partial charge in [-0.1, -0.05) is 12.1 Å². The number of furan rings is 1. The Labute approximate surface area is 220 Å². The minimum atomic E-state index is -3.80. The summed E-state index contributed by atoms with van der Waals surface area (Å²) in [6.07, 6.45) is 4.96. The second kappa shape index (κ2) is 11.1. The van der Waals surface area contributed by atoms with E-state index in [4.69, 9.17) is 18.1 Å². The number of carbonyl (C=O) groups is 1. The second-order valence-corrected chi connectivity index (χ2v) is 10.3. The van der Waals surface area contributed by atoms with Crippen molar-refractivity contribution in [3.05, 3.63) is 88.6 Å². The van der Waals surface area contributed by atoms with E-state index >= 15 is 0 Å². The molecule has 1 N–H and O–H groups in total. The van der Waals surface area contributed by atoms with Gasteiger partial charge in [0.2, 0.25) is 11.7 Å². The van der Waals surface area contributed by atoms with Crippen LogP contribution in [0.25, 0.3) is 11.1 Å². The number of rotatable bonds is 10. The molecule has 0 radical (unpaired) electrons. The molecule has 0 fully saturated rings. The summed E-state index contributed by atoms with van der Waals surface area (Å²) in [6, 6.07) is 11.4. The fraction of sp³-hybridized carbons (Fsp3) is 0.250. The normalized spacial score (nSPS) is 14.0. The molecular weight excluding hydrogens is 513 g/mol. The maximum Gasteiger partial charge on any atom is 0.306 e. The van der Waals surface area contributed by atoms with Gasteiger partial charge in [-0.3, -0.25) is 4.79 Å². The summed E-state index contributed by atoms with van der Waals surface area (Å²) in [4.78, 5) is 12.7.